The third-order valence-electron chi connectivity index (χ3n) is 7.05. The van der Waals surface area contributed by atoms with Crippen LogP contribution in [0.15, 0.2) is 38.2 Å². The molecule has 0 aliphatic carbocycles. The Kier molecular flexibility index (Phi) is 6.90. The summed E-state index contributed by atoms with van der Waals surface area (Å²) in [5.41, 5.74) is 20.0. The van der Waals surface area contributed by atoms with Crippen LogP contribution in [0.2, 0.25) is 0 Å². The average Bonchev–Trinajstić information content (AvgIpc) is 3.75. The van der Waals surface area contributed by atoms with Crippen LogP contribution in [0.4, 0.5) is 17.5 Å². The number of rotatable bonds is 5. The molecule has 7 rings (SSSR count). The van der Waals surface area contributed by atoms with Crippen LogP contribution in [0, 0.1) is 0 Å². The number of anilines is 3. The van der Waals surface area contributed by atoms with Crippen LogP contribution in [-0.4, -0.2) is 77.1 Å². The second-order valence-electron chi connectivity index (χ2n) is 9.66. The molecule has 6 N–H and O–H groups in total. The zero-order chi connectivity index (χ0) is 27.5. The minimum atomic E-state index is 0.117. The molecular weight excluding hydrogens is 730 g/mol. The van der Waals surface area contributed by atoms with E-state index in [0.29, 0.717) is 22.9 Å². The molecule has 7 heterocycles. The fraction of sp³-hybridized carbons (Fsp3) is 0.348. The highest BCUT2D eigenvalue weighted by Gasteiger charge is 2.27. The van der Waals surface area contributed by atoms with Gasteiger partial charge in [-0.05, 0) is 54.2 Å². The number of thioether (sulfide) groups is 1. The van der Waals surface area contributed by atoms with Gasteiger partial charge in [0.25, 0.3) is 0 Å². The lowest BCUT2D eigenvalue weighted by molar-refractivity contribution is 0.678. The summed E-state index contributed by atoms with van der Waals surface area (Å²) in [4.78, 5) is 13.7. The maximum atomic E-state index is 6.48. The van der Waals surface area contributed by atoms with E-state index in [1.165, 1.54) is 0 Å². The average molecular weight is 754 g/mol. The highest BCUT2D eigenvalue weighted by atomic mass is 79.9. The first kappa shape index (κ1) is 26.5. The molecule has 1 unspecified atom stereocenters. The van der Waals surface area contributed by atoms with Gasteiger partial charge in [0.05, 0.1) is 44.7 Å². The first-order valence-corrected chi connectivity index (χ1v) is 16.0. The van der Waals surface area contributed by atoms with E-state index in [0.717, 1.165) is 74.4 Å². The molecule has 2 aliphatic heterocycles. The molecule has 0 radical (unpaired) electrons. The summed E-state index contributed by atoms with van der Waals surface area (Å²) in [5.74, 6) is 3.01. The van der Waals surface area contributed by atoms with E-state index in [2.05, 4.69) is 78.7 Å². The smallest absolute Gasteiger partial charge is 0.174 e. The molecule has 17 heteroatoms. The zero-order valence-corrected chi connectivity index (χ0v) is 26.5. The SMILES string of the molecule is Nc1c(Br)c(C2CNCCS2)nc2c(-c3cnn(Nc4c(Br)c(N5CC[C@@H](N)C5)nc5c(Br)cnn45)c3)cnn12. The van der Waals surface area contributed by atoms with Crippen molar-refractivity contribution in [1.29, 1.82) is 0 Å². The van der Waals surface area contributed by atoms with Crippen LogP contribution in [-0.2, 0) is 0 Å². The Labute approximate surface area is 257 Å². The maximum Gasteiger partial charge on any atom is 0.174 e. The molecule has 2 fully saturated rings. The largest absolute Gasteiger partial charge is 0.383 e. The van der Waals surface area contributed by atoms with Crippen LogP contribution in [0.1, 0.15) is 17.4 Å². The molecule has 2 atom stereocenters. The molecule has 0 aromatic carbocycles. The van der Waals surface area contributed by atoms with E-state index in [1.54, 1.807) is 32.4 Å². The van der Waals surface area contributed by atoms with E-state index in [4.69, 9.17) is 21.4 Å². The standard InChI is InChI=1S/C23H24Br3N13S/c24-14-7-32-39-21(14)34-22(36-3-1-12(27)10-36)17(26)23(39)35-37-9-11(5-30-37)13-6-31-38-19(28)16(25)18(33-20(13)38)15-8-29-2-4-40-15/h5-7,9,12,15,29,35H,1-4,8,10,27-28H2/t12-,15?/m1/s1. The lowest BCUT2D eigenvalue weighted by Gasteiger charge is -2.23. The molecule has 5 aromatic rings. The van der Waals surface area contributed by atoms with Crippen molar-refractivity contribution in [3.8, 4) is 11.1 Å². The zero-order valence-electron chi connectivity index (χ0n) is 20.9. The Balaban J connectivity index is 1.26. The molecule has 208 valence electrons. The normalized spacial score (nSPS) is 19.8. The topological polar surface area (TPSA) is 158 Å². The van der Waals surface area contributed by atoms with Crippen molar-refractivity contribution < 1.29 is 0 Å². The van der Waals surface area contributed by atoms with E-state index in [9.17, 15) is 0 Å². The second-order valence-corrected chi connectivity index (χ2v) is 13.4. The third-order valence-corrected chi connectivity index (χ3v) is 10.4. The number of nitrogen functional groups attached to an aromatic ring is 1. The maximum absolute atomic E-state index is 6.48. The molecule has 2 aliphatic rings. The Morgan fingerprint density at radius 3 is 2.65 bits per heavy atom. The number of aromatic nitrogens is 8. The minimum absolute atomic E-state index is 0.117. The first-order valence-electron chi connectivity index (χ1n) is 12.6. The van der Waals surface area contributed by atoms with Gasteiger partial charge in [0.2, 0.25) is 0 Å². The Bertz CT molecular complexity index is 1740. The minimum Gasteiger partial charge on any atom is -0.383 e. The van der Waals surface area contributed by atoms with Gasteiger partial charge in [-0.25, -0.2) is 9.97 Å². The van der Waals surface area contributed by atoms with Crippen LogP contribution < -0.4 is 27.1 Å². The molecule has 13 nitrogen and oxygen atoms in total. The summed E-state index contributed by atoms with van der Waals surface area (Å²) in [6, 6.07) is 0.117. The molecule has 0 amide bonds. The Morgan fingerprint density at radius 1 is 1.02 bits per heavy atom. The molecular formula is C23H24Br3N13S. The van der Waals surface area contributed by atoms with Gasteiger partial charge in [0.1, 0.15) is 16.1 Å². The van der Waals surface area contributed by atoms with E-state index in [-0.39, 0.29) is 11.3 Å². The monoisotopic (exact) mass is 751 g/mol. The van der Waals surface area contributed by atoms with Crippen molar-refractivity contribution >= 4 is 88.3 Å². The molecule has 5 aromatic heterocycles. The van der Waals surface area contributed by atoms with Crippen molar-refractivity contribution in [2.45, 2.75) is 17.7 Å². The van der Waals surface area contributed by atoms with Gasteiger partial charge < -0.3 is 21.7 Å². The Hall–Kier alpha value is -2.44. The fourth-order valence-electron chi connectivity index (χ4n) is 5.02. The van der Waals surface area contributed by atoms with Crippen LogP contribution >= 0.6 is 59.6 Å². The van der Waals surface area contributed by atoms with E-state index < -0.39 is 0 Å². The van der Waals surface area contributed by atoms with Gasteiger partial charge in [-0.15, -0.1) is 11.8 Å². The van der Waals surface area contributed by atoms with Crippen molar-refractivity contribution in [1.82, 2.24) is 44.4 Å². The summed E-state index contributed by atoms with van der Waals surface area (Å²) < 4.78 is 5.72. The van der Waals surface area contributed by atoms with Crippen LogP contribution in [0.3, 0.4) is 0 Å². The van der Waals surface area contributed by atoms with Gasteiger partial charge in [0, 0.05) is 49.1 Å². The van der Waals surface area contributed by atoms with Gasteiger partial charge in [-0.2, -0.15) is 29.1 Å². The van der Waals surface area contributed by atoms with Crippen molar-refractivity contribution in [3.63, 3.8) is 0 Å². The summed E-state index contributed by atoms with van der Waals surface area (Å²) in [6.07, 6.45) is 8.06. The highest BCUT2D eigenvalue weighted by molar-refractivity contribution is 9.11. The molecule has 0 spiro atoms. The van der Waals surface area contributed by atoms with Crippen LogP contribution in [0.25, 0.3) is 22.4 Å². The number of halogens is 3. The Morgan fingerprint density at radius 2 is 1.88 bits per heavy atom. The number of nitrogens with two attached hydrogens (primary N) is 2. The number of nitrogens with one attached hydrogen (secondary N) is 2. The number of nitrogens with zero attached hydrogens (tertiary/aromatic N) is 9. The summed E-state index contributed by atoms with van der Waals surface area (Å²) in [6.45, 7) is 3.39. The van der Waals surface area contributed by atoms with Crippen molar-refractivity contribution in [2.75, 3.05) is 48.0 Å². The van der Waals surface area contributed by atoms with Gasteiger partial charge >= 0.3 is 0 Å². The van der Waals surface area contributed by atoms with Gasteiger partial charge in [0.15, 0.2) is 17.1 Å². The lowest BCUT2D eigenvalue weighted by Crippen LogP contribution is -2.29. The quantitative estimate of drug-likeness (QED) is 0.209. The van der Waals surface area contributed by atoms with Crippen molar-refractivity contribution in [2.24, 2.45) is 5.73 Å². The van der Waals surface area contributed by atoms with E-state index in [1.807, 2.05) is 18.0 Å². The lowest BCUT2D eigenvalue weighted by atomic mass is 10.2. The fourth-order valence-corrected chi connectivity index (χ4v) is 7.76. The highest BCUT2D eigenvalue weighted by Crippen LogP contribution is 2.39. The summed E-state index contributed by atoms with van der Waals surface area (Å²) >= 11 is 12.9. The third kappa shape index (κ3) is 4.46. The number of fused-ring (bicyclic) bond motifs is 2. The molecule has 2 saturated heterocycles. The molecule has 0 saturated carbocycles. The molecule has 40 heavy (non-hydrogen) atoms. The first-order chi connectivity index (χ1) is 19.4. The van der Waals surface area contributed by atoms with Crippen molar-refractivity contribution in [3.05, 3.63) is 43.9 Å². The molecule has 0 bridgehead atoms. The summed E-state index contributed by atoms with van der Waals surface area (Å²) in [7, 11) is 0. The number of hydrogen-bond acceptors (Lipinski definition) is 11. The van der Waals surface area contributed by atoms with E-state index >= 15 is 0 Å². The second kappa shape index (κ2) is 10.4. The van der Waals surface area contributed by atoms with Crippen LogP contribution in [0.5, 0.6) is 0 Å². The predicted octanol–water partition coefficient (Wildman–Crippen LogP) is 3.30. The van der Waals surface area contributed by atoms with Gasteiger partial charge in [-0.3, -0.25) is 5.43 Å². The summed E-state index contributed by atoms with van der Waals surface area (Å²) in [5, 5.41) is 17.3. The van der Waals surface area contributed by atoms with Gasteiger partial charge in [-0.1, -0.05) is 0 Å². The predicted molar refractivity (Wildman–Crippen MR) is 167 cm³/mol. The number of hydrogen-bond donors (Lipinski definition) is 4.